The summed E-state index contributed by atoms with van der Waals surface area (Å²) in [5, 5.41) is 5.63. The quantitative estimate of drug-likeness (QED) is 0.778. The lowest BCUT2D eigenvalue weighted by atomic mass is 10.1. The van der Waals surface area contributed by atoms with Crippen LogP contribution in [0.2, 0.25) is 0 Å². The molecule has 1 heterocycles. The summed E-state index contributed by atoms with van der Waals surface area (Å²) in [5.41, 5.74) is 2.21. The van der Waals surface area contributed by atoms with Gasteiger partial charge in [0.2, 0.25) is 0 Å². The fourth-order valence-corrected chi connectivity index (χ4v) is 1.71. The van der Waals surface area contributed by atoms with Gasteiger partial charge in [0.1, 0.15) is 0 Å². The summed E-state index contributed by atoms with van der Waals surface area (Å²) >= 11 is 0. The predicted octanol–water partition coefficient (Wildman–Crippen LogP) is 2.26. The zero-order valence-corrected chi connectivity index (χ0v) is 8.54. The molecule has 72 valence electrons. The molecule has 2 rings (SSSR count). The zero-order chi connectivity index (χ0) is 9.97. The molecule has 0 bridgehead atoms. The van der Waals surface area contributed by atoms with E-state index in [4.69, 9.17) is 0 Å². The number of aromatic nitrogens is 1. The number of aryl methyl sites for hydroxylation is 1. The van der Waals surface area contributed by atoms with Crippen LogP contribution in [-0.2, 0) is 6.54 Å². The van der Waals surface area contributed by atoms with Crippen molar-refractivity contribution in [2.45, 2.75) is 13.5 Å². The molecule has 0 spiro atoms. The molecule has 0 aliphatic rings. The molecule has 0 aliphatic carbocycles. The molecule has 2 aromatic rings. The van der Waals surface area contributed by atoms with Crippen molar-refractivity contribution >= 4 is 10.8 Å². The first-order chi connectivity index (χ1) is 6.81. The van der Waals surface area contributed by atoms with E-state index in [-0.39, 0.29) is 0 Å². The van der Waals surface area contributed by atoms with Gasteiger partial charge in [-0.2, -0.15) is 0 Å². The molecule has 1 N–H and O–H groups in total. The molecule has 0 unspecified atom stereocenters. The third-order valence-corrected chi connectivity index (χ3v) is 2.34. The summed E-state index contributed by atoms with van der Waals surface area (Å²) in [6, 6.07) is 10.5. The number of benzene rings is 1. The van der Waals surface area contributed by atoms with E-state index >= 15 is 0 Å². The molecular weight excluding hydrogens is 172 g/mol. The zero-order valence-electron chi connectivity index (χ0n) is 8.54. The van der Waals surface area contributed by atoms with Crippen molar-refractivity contribution in [3.63, 3.8) is 0 Å². The van der Waals surface area contributed by atoms with Crippen LogP contribution in [0.4, 0.5) is 0 Å². The molecule has 14 heavy (non-hydrogen) atoms. The second-order valence-corrected chi connectivity index (χ2v) is 3.45. The van der Waals surface area contributed by atoms with E-state index in [1.54, 1.807) is 0 Å². The Morgan fingerprint density at radius 3 is 2.86 bits per heavy atom. The Hall–Kier alpha value is -1.41. The fourth-order valence-electron chi connectivity index (χ4n) is 1.71. The van der Waals surface area contributed by atoms with Crippen molar-refractivity contribution in [2.75, 3.05) is 7.05 Å². The Morgan fingerprint density at radius 2 is 2.07 bits per heavy atom. The van der Waals surface area contributed by atoms with Gasteiger partial charge in [-0.1, -0.05) is 24.3 Å². The van der Waals surface area contributed by atoms with E-state index in [1.807, 2.05) is 7.05 Å². The molecule has 1 aromatic heterocycles. The highest BCUT2D eigenvalue weighted by molar-refractivity contribution is 5.84. The average molecular weight is 186 g/mol. The first-order valence-electron chi connectivity index (χ1n) is 4.81. The predicted molar refractivity (Wildman–Crippen MR) is 59.2 cm³/mol. The van der Waals surface area contributed by atoms with Crippen LogP contribution >= 0.6 is 0 Å². The maximum absolute atomic E-state index is 4.53. The van der Waals surface area contributed by atoms with Gasteiger partial charge in [-0.15, -0.1) is 0 Å². The lowest BCUT2D eigenvalue weighted by Crippen LogP contribution is -2.07. The Kier molecular flexibility index (Phi) is 2.46. The Bertz CT molecular complexity index is 449. The van der Waals surface area contributed by atoms with Crippen molar-refractivity contribution in [3.05, 3.63) is 41.7 Å². The van der Waals surface area contributed by atoms with Crippen molar-refractivity contribution in [1.82, 2.24) is 10.3 Å². The van der Waals surface area contributed by atoms with Crippen LogP contribution in [0.15, 0.2) is 30.3 Å². The van der Waals surface area contributed by atoms with Gasteiger partial charge in [0.25, 0.3) is 0 Å². The normalized spacial score (nSPS) is 10.7. The van der Waals surface area contributed by atoms with Gasteiger partial charge in [0.15, 0.2) is 0 Å². The van der Waals surface area contributed by atoms with Crippen LogP contribution in [-0.4, -0.2) is 12.0 Å². The molecular formula is C12H14N2. The molecule has 0 atom stereocenters. The maximum atomic E-state index is 4.53. The van der Waals surface area contributed by atoms with E-state index in [2.05, 4.69) is 47.6 Å². The third-order valence-electron chi connectivity index (χ3n) is 2.34. The van der Waals surface area contributed by atoms with Gasteiger partial charge in [-0.3, -0.25) is 4.98 Å². The minimum Gasteiger partial charge on any atom is -0.314 e. The SMILES string of the molecule is CNCc1cc2ccccc2c(C)n1. The van der Waals surface area contributed by atoms with Gasteiger partial charge in [-0.25, -0.2) is 0 Å². The molecule has 2 nitrogen and oxygen atoms in total. The monoisotopic (exact) mass is 186 g/mol. The Balaban J connectivity index is 2.60. The highest BCUT2D eigenvalue weighted by Crippen LogP contribution is 2.17. The van der Waals surface area contributed by atoms with Crippen molar-refractivity contribution in [3.8, 4) is 0 Å². The molecule has 0 saturated heterocycles. The first kappa shape index (κ1) is 9.16. The lowest BCUT2D eigenvalue weighted by Gasteiger charge is -2.05. The van der Waals surface area contributed by atoms with E-state index in [1.165, 1.54) is 10.8 Å². The summed E-state index contributed by atoms with van der Waals surface area (Å²) in [6.45, 7) is 2.88. The standard InChI is InChI=1S/C12H14N2/c1-9-12-6-4-3-5-10(12)7-11(14-9)8-13-2/h3-7,13H,8H2,1-2H3. The number of rotatable bonds is 2. The summed E-state index contributed by atoms with van der Waals surface area (Å²) in [5.74, 6) is 0. The minimum atomic E-state index is 0.825. The molecule has 0 radical (unpaired) electrons. The summed E-state index contributed by atoms with van der Waals surface area (Å²) in [7, 11) is 1.94. The summed E-state index contributed by atoms with van der Waals surface area (Å²) in [4.78, 5) is 4.53. The van der Waals surface area contributed by atoms with E-state index in [0.29, 0.717) is 0 Å². The molecule has 2 heteroatoms. The number of nitrogens with zero attached hydrogens (tertiary/aromatic N) is 1. The Morgan fingerprint density at radius 1 is 1.29 bits per heavy atom. The van der Waals surface area contributed by atoms with E-state index in [0.717, 1.165) is 17.9 Å². The first-order valence-corrected chi connectivity index (χ1v) is 4.81. The van der Waals surface area contributed by atoms with Crippen molar-refractivity contribution in [2.24, 2.45) is 0 Å². The molecule has 0 saturated carbocycles. The number of pyridine rings is 1. The second-order valence-electron chi connectivity index (χ2n) is 3.45. The number of nitrogens with one attached hydrogen (secondary N) is 1. The highest BCUT2D eigenvalue weighted by Gasteiger charge is 2.00. The van der Waals surface area contributed by atoms with Crippen molar-refractivity contribution in [1.29, 1.82) is 0 Å². The minimum absolute atomic E-state index is 0.825. The van der Waals surface area contributed by atoms with Gasteiger partial charge >= 0.3 is 0 Å². The maximum Gasteiger partial charge on any atom is 0.0551 e. The van der Waals surface area contributed by atoms with Crippen LogP contribution in [0, 0.1) is 6.92 Å². The topological polar surface area (TPSA) is 24.9 Å². The third kappa shape index (κ3) is 1.61. The molecule has 0 aliphatic heterocycles. The number of hydrogen-bond acceptors (Lipinski definition) is 2. The van der Waals surface area contributed by atoms with Gasteiger partial charge in [0, 0.05) is 17.6 Å². The number of hydrogen-bond donors (Lipinski definition) is 1. The van der Waals surface area contributed by atoms with Crippen LogP contribution < -0.4 is 5.32 Å². The van der Waals surface area contributed by atoms with Crippen LogP contribution in [0.25, 0.3) is 10.8 Å². The van der Waals surface area contributed by atoms with Crippen LogP contribution in [0.3, 0.4) is 0 Å². The van der Waals surface area contributed by atoms with Crippen molar-refractivity contribution < 1.29 is 0 Å². The Labute approximate surface area is 84.0 Å². The van der Waals surface area contributed by atoms with Gasteiger partial charge in [0.05, 0.1) is 5.69 Å². The van der Waals surface area contributed by atoms with E-state index < -0.39 is 0 Å². The summed E-state index contributed by atoms with van der Waals surface area (Å²) < 4.78 is 0. The second kappa shape index (κ2) is 3.76. The van der Waals surface area contributed by atoms with Gasteiger partial charge < -0.3 is 5.32 Å². The molecule has 1 aromatic carbocycles. The summed E-state index contributed by atoms with van der Waals surface area (Å²) in [6.07, 6.45) is 0. The van der Waals surface area contributed by atoms with E-state index in [9.17, 15) is 0 Å². The highest BCUT2D eigenvalue weighted by atomic mass is 14.8. The fraction of sp³-hybridized carbons (Fsp3) is 0.250. The molecule has 0 amide bonds. The average Bonchev–Trinajstić information content (AvgIpc) is 2.18. The largest absolute Gasteiger partial charge is 0.314 e. The smallest absolute Gasteiger partial charge is 0.0551 e. The number of fused-ring (bicyclic) bond motifs is 1. The molecule has 0 fully saturated rings. The van der Waals surface area contributed by atoms with Gasteiger partial charge in [-0.05, 0) is 25.4 Å². The van der Waals surface area contributed by atoms with Crippen LogP contribution in [0.5, 0.6) is 0 Å². The lowest BCUT2D eigenvalue weighted by molar-refractivity contribution is 0.789. The van der Waals surface area contributed by atoms with Crippen LogP contribution in [0.1, 0.15) is 11.4 Å².